The Hall–Kier alpha value is -1.01. The van der Waals surface area contributed by atoms with Crippen molar-refractivity contribution in [3.05, 3.63) is 28.2 Å². The molecule has 1 atom stereocenters. The van der Waals surface area contributed by atoms with E-state index < -0.39 is 0 Å². The minimum Gasteiger partial charge on any atom is -0.396 e. The third kappa shape index (κ3) is 4.24. The Morgan fingerprint density at radius 1 is 1.40 bits per heavy atom. The topological polar surface area (TPSA) is 61.8 Å². The molecule has 0 radical (unpaired) electrons. The molecule has 0 unspecified atom stereocenters. The van der Waals surface area contributed by atoms with Crippen LogP contribution in [0.25, 0.3) is 0 Å². The monoisotopic (exact) mass is 318 g/mol. The first-order valence-corrected chi connectivity index (χ1v) is 7.04. The minimum atomic E-state index is -0.257. The van der Waals surface area contributed by atoms with E-state index in [1.807, 2.05) is 0 Å². The summed E-state index contributed by atoms with van der Waals surface area (Å²) in [6, 6.07) is 4.60. The maximum absolute atomic E-state index is 12.2. The van der Waals surface area contributed by atoms with Gasteiger partial charge in [0.15, 0.2) is 0 Å². The number of amides is 2. The number of carbonyl (C=O) groups excluding carboxylic acids is 1. The van der Waals surface area contributed by atoms with Crippen molar-refractivity contribution in [1.82, 2.24) is 4.90 Å². The molecule has 2 rings (SSSR count). The summed E-state index contributed by atoms with van der Waals surface area (Å²) >= 11 is 11.8. The zero-order valence-electron chi connectivity index (χ0n) is 10.8. The molecule has 7 heteroatoms. The van der Waals surface area contributed by atoms with Crippen molar-refractivity contribution >= 4 is 34.9 Å². The lowest BCUT2D eigenvalue weighted by Gasteiger charge is -2.23. The molecular weight excluding hydrogens is 303 g/mol. The molecule has 1 heterocycles. The predicted octanol–water partition coefficient (Wildman–Crippen LogP) is 2.47. The molecule has 20 heavy (non-hydrogen) atoms. The Labute approximate surface area is 127 Å². The van der Waals surface area contributed by atoms with Gasteiger partial charge >= 0.3 is 6.03 Å². The Kier molecular flexibility index (Phi) is 5.48. The van der Waals surface area contributed by atoms with Gasteiger partial charge in [-0.1, -0.05) is 23.2 Å². The number of aliphatic hydroxyl groups is 1. The summed E-state index contributed by atoms with van der Waals surface area (Å²) < 4.78 is 5.34. The van der Waals surface area contributed by atoms with Crippen LogP contribution in [0.4, 0.5) is 10.5 Å². The lowest BCUT2D eigenvalue weighted by molar-refractivity contribution is 0.0958. The summed E-state index contributed by atoms with van der Waals surface area (Å²) in [6.07, 6.45) is 0. The van der Waals surface area contributed by atoms with Gasteiger partial charge in [-0.25, -0.2) is 4.79 Å². The number of ether oxygens (including phenoxy) is 1. The molecule has 110 valence electrons. The Bertz CT molecular complexity index is 464. The van der Waals surface area contributed by atoms with Crippen molar-refractivity contribution in [2.24, 2.45) is 5.92 Å². The van der Waals surface area contributed by atoms with Gasteiger partial charge in [-0.15, -0.1) is 0 Å². The maximum atomic E-state index is 12.2. The van der Waals surface area contributed by atoms with Crippen molar-refractivity contribution in [3.8, 4) is 0 Å². The van der Waals surface area contributed by atoms with Gasteiger partial charge in [0.05, 0.1) is 13.2 Å². The largest absolute Gasteiger partial charge is 0.396 e. The normalized spacial score (nSPS) is 19.6. The van der Waals surface area contributed by atoms with E-state index in [0.717, 1.165) is 0 Å². The molecule has 2 amide bonds. The van der Waals surface area contributed by atoms with Crippen LogP contribution in [0.5, 0.6) is 0 Å². The summed E-state index contributed by atoms with van der Waals surface area (Å²) in [4.78, 5) is 13.8. The Morgan fingerprint density at radius 3 is 2.75 bits per heavy atom. The van der Waals surface area contributed by atoms with Crippen LogP contribution in [0.3, 0.4) is 0 Å². The quantitative estimate of drug-likeness (QED) is 0.880. The van der Waals surface area contributed by atoms with Crippen molar-refractivity contribution in [3.63, 3.8) is 0 Å². The van der Waals surface area contributed by atoms with E-state index >= 15 is 0 Å². The molecule has 0 saturated carbocycles. The Morgan fingerprint density at radius 2 is 2.10 bits per heavy atom. The van der Waals surface area contributed by atoms with Crippen LogP contribution in [0.2, 0.25) is 10.0 Å². The van der Waals surface area contributed by atoms with E-state index in [0.29, 0.717) is 42.0 Å². The molecule has 0 bridgehead atoms. The van der Waals surface area contributed by atoms with E-state index in [9.17, 15) is 9.90 Å². The molecular formula is C13H16Cl2N2O3. The van der Waals surface area contributed by atoms with E-state index in [-0.39, 0.29) is 18.6 Å². The molecule has 1 saturated heterocycles. The molecule has 1 aromatic rings. The van der Waals surface area contributed by atoms with Crippen LogP contribution in [-0.2, 0) is 4.74 Å². The lowest BCUT2D eigenvalue weighted by Crippen LogP contribution is -2.39. The summed E-state index contributed by atoms with van der Waals surface area (Å²) in [7, 11) is 0. The third-order valence-electron chi connectivity index (χ3n) is 3.00. The fraction of sp³-hybridized carbons (Fsp3) is 0.462. The second-order valence-corrected chi connectivity index (χ2v) is 5.53. The number of halogens is 2. The Balaban J connectivity index is 2.02. The van der Waals surface area contributed by atoms with Gasteiger partial charge < -0.3 is 20.1 Å². The highest BCUT2D eigenvalue weighted by molar-refractivity contribution is 6.35. The number of urea groups is 1. The highest BCUT2D eigenvalue weighted by Crippen LogP contribution is 2.22. The summed E-state index contributed by atoms with van der Waals surface area (Å²) in [6.45, 7) is 1.85. The number of benzene rings is 1. The number of nitrogens with zero attached hydrogens (tertiary/aromatic N) is 1. The second kappa shape index (κ2) is 7.13. The molecule has 0 aliphatic carbocycles. The number of carbonyl (C=O) groups is 1. The summed E-state index contributed by atoms with van der Waals surface area (Å²) in [5.74, 6) is -0.0637. The molecule has 0 aromatic heterocycles. The van der Waals surface area contributed by atoms with E-state index in [4.69, 9.17) is 27.9 Å². The summed E-state index contributed by atoms with van der Waals surface area (Å²) in [5, 5.41) is 12.9. The molecule has 1 aliphatic rings. The van der Waals surface area contributed by atoms with Gasteiger partial charge in [-0.05, 0) is 18.2 Å². The van der Waals surface area contributed by atoms with Crippen LogP contribution >= 0.6 is 23.2 Å². The number of rotatable bonds is 2. The minimum absolute atomic E-state index is 0.00717. The van der Waals surface area contributed by atoms with Crippen molar-refractivity contribution in [1.29, 1.82) is 0 Å². The number of hydrogen-bond acceptors (Lipinski definition) is 3. The van der Waals surface area contributed by atoms with Gasteiger partial charge in [-0.2, -0.15) is 0 Å². The van der Waals surface area contributed by atoms with Crippen LogP contribution in [0.1, 0.15) is 0 Å². The SMILES string of the molecule is O=C(Nc1cc(Cl)cc(Cl)c1)N1CCOC[C@H](CO)C1. The molecule has 5 nitrogen and oxygen atoms in total. The average molecular weight is 319 g/mol. The van der Waals surface area contributed by atoms with Gasteiger partial charge in [-0.3, -0.25) is 0 Å². The first-order valence-electron chi connectivity index (χ1n) is 6.29. The molecule has 1 fully saturated rings. The highest BCUT2D eigenvalue weighted by Gasteiger charge is 2.22. The van der Waals surface area contributed by atoms with Gasteiger partial charge in [0.25, 0.3) is 0 Å². The second-order valence-electron chi connectivity index (χ2n) is 4.66. The van der Waals surface area contributed by atoms with Crippen molar-refractivity contribution in [2.75, 3.05) is 38.2 Å². The zero-order valence-corrected chi connectivity index (χ0v) is 12.3. The van der Waals surface area contributed by atoms with Crippen LogP contribution in [0, 0.1) is 5.92 Å². The van der Waals surface area contributed by atoms with Crippen LogP contribution < -0.4 is 5.32 Å². The van der Waals surface area contributed by atoms with Crippen molar-refractivity contribution in [2.45, 2.75) is 0 Å². The standard InChI is InChI=1S/C13H16Cl2N2O3/c14-10-3-11(15)5-12(4-10)16-13(19)17-1-2-20-8-9(6-17)7-18/h3-5,9,18H,1-2,6-8H2,(H,16,19)/t9-/m0/s1. The maximum Gasteiger partial charge on any atom is 0.321 e. The van der Waals surface area contributed by atoms with Gasteiger partial charge in [0.1, 0.15) is 0 Å². The molecule has 0 spiro atoms. The number of anilines is 1. The van der Waals surface area contributed by atoms with Crippen molar-refractivity contribution < 1.29 is 14.6 Å². The first kappa shape index (κ1) is 15.4. The molecule has 2 N–H and O–H groups in total. The molecule has 1 aliphatic heterocycles. The number of hydrogen-bond donors (Lipinski definition) is 2. The smallest absolute Gasteiger partial charge is 0.321 e. The van der Waals surface area contributed by atoms with Crippen LogP contribution in [0.15, 0.2) is 18.2 Å². The van der Waals surface area contributed by atoms with E-state index in [1.54, 1.807) is 23.1 Å². The fourth-order valence-corrected chi connectivity index (χ4v) is 2.53. The van der Waals surface area contributed by atoms with Gasteiger partial charge in [0.2, 0.25) is 0 Å². The molecule has 1 aromatic carbocycles. The van der Waals surface area contributed by atoms with E-state index in [1.165, 1.54) is 0 Å². The van der Waals surface area contributed by atoms with E-state index in [2.05, 4.69) is 5.32 Å². The zero-order chi connectivity index (χ0) is 14.5. The van der Waals surface area contributed by atoms with Gasteiger partial charge in [0, 0.05) is 41.3 Å². The number of nitrogens with one attached hydrogen (secondary N) is 1. The summed E-state index contributed by atoms with van der Waals surface area (Å²) in [5.41, 5.74) is 0.540. The average Bonchev–Trinajstić information content (AvgIpc) is 2.62. The third-order valence-corrected chi connectivity index (χ3v) is 3.43. The fourth-order valence-electron chi connectivity index (χ4n) is 2.00. The van der Waals surface area contributed by atoms with Crippen LogP contribution in [-0.4, -0.2) is 48.9 Å². The first-order chi connectivity index (χ1) is 9.58. The highest BCUT2D eigenvalue weighted by atomic mass is 35.5. The lowest BCUT2D eigenvalue weighted by atomic mass is 10.2. The predicted molar refractivity (Wildman–Crippen MR) is 78.4 cm³/mol. The number of aliphatic hydroxyl groups excluding tert-OH is 1.